The number of benzene rings is 1. The van der Waals surface area contributed by atoms with Crippen LogP contribution in [-0.4, -0.2) is 19.1 Å². The quantitative estimate of drug-likeness (QED) is 0.942. The Balaban J connectivity index is 2.37. The van der Waals surface area contributed by atoms with Gasteiger partial charge in [0.15, 0.2) is 0 Å². The Morgan fingerprint density at radius 1 is 1.47 bits per heavy atom. The average molecular weight is 297 g/mol. The molecule has 1 aromatic heterocycles. The number of hydrogen-bond acceptors (Lipinski definition) is 4. The highest BCUT2D eigenvalue weighted by atomic mass is 79.9. The molecule has 0 aliphatic rings. The topological polar surface area (TPSA) is 47.3 Å². The Morgan fingerprint density at radius 2 is 2.29 bits per heavy atom. The van der Waals surface area contributed by atoms with Crippen LogP contribution in [0.5, 0.6) is 5.75 Å². The Kier molecular flexibility index (Phi) is 3.81. The van der Waals surface area contributed by atoms with Crippen molar-refractivity contribution >= 4 is 15.9 Å². The van der Waals surface area contributed by atoms with E-state index in [4.69, 9.17) is 9.15 Å². The van der Waals surface area contributed by atoms with Gasteiger partial charge in [0.1, 0.15) is 12.0 Å². The molecule has 0 fully saturated rings. The number of oxazole rings is 1. The van der Waals surface area contributed by atoms with Crippen molar-refractivity contribution in [3.05, 3.63) is 34.6 Å². The monoisotopic (exact) mass is 296 g/mol. The number of methoxy groups -OCH3 is 1. The summed E-state index contributed by atoms with van der Waals surface area (Å²) in [6.45, 7) is 0.683. The number of halogens is 1. The third kappa shape index (κ3) is 2.68. The van der Waals surface area contributed by atoms with E-state index >= 15 is 0 Å². The van der Waals surface area contributed by atoms with Gasteiger partial charge in [0.05, 0.1) is 18.4 Å². The van der Waals surface area contributed by atoms with Gasteiger partial charge >= 0.3 is 0 Å². The van der Waals surface area contributed by atoms with Crippen molar-refractivity contribution < 1.29 is 9.15 Å². The summed E-state index contributed by atoms with van der Waals surface area (Å²) < 4.78 is 11.7. The fourth-order valence-electron chi connectivity index (χ4n) is 1.53. The van der Waals surface area contributed by atoms with Crippen molar-refractivity contribution in [3.8, 4) is 17.2 Å². The molecule has 1 N–H and O–H groups in total. The highest BCUT2D eigenvalue weighted by molar-refractivity contribution is 9.10. The molecule has 0 saturated carbocycles. The number of ether oxygens (including phenoxy) is 1. The summed E-state index contributed by atoms with van der Waals surface area (Å²) in [6.07, 6.45) is 1.65. The van der Waals surface area contributed by atoms with E-state index in [2.05, 4.69) is 26.2 Å². The van der Waals surface area contributed by atoms with Crippen LogP contribution in [0.4, 0.5) is 0 Å². The van der Waals surface area contributed by atoms with Crippen LogP contribution in [0.15, 0.2) is 33.4 Å². The molecule has 0 spiro atoms. The summed E-state index contributed by atoms with van der Waals surface area (Å²) in [7, 11) is 3.50. The normalized spacial score (nSPS) is 10.5. The first-order valence-corrected chi connectivity index (χ1v) is 5.97. The van der Waals surface area contributed by atoms with E-state index in [1.807, 2.05) is 25.2 Å². The van der Waals surface area contributed by atoms with Crippen LogP contribution < -0.4 is 10.1 Å². The minimum Gasteiger partial charge on any atom is -0.496 e. The Morgan fingerprint density at radius 3 is 3.00 bits per heavy atom. The summed E-state index contributed by atoms with van der Waals surface area (Å²) in [6, 6.07) is 5.73. The van der Waals surface area contributed by atoms with E-state index in [-0.39, 0.29) is 0 Å². The van der Waals surface area contributed by atoms with Crippen LogP contribution in [0, 0.1) is 0 Å². The lowest BCUT2D eigenvalue weighted by molar-refractivity contribution is 0.414. The molecule has 1 aromatic carbocycles. The summed E-state index contributed by atoms with van der Waals surface area (Å²) in [5, 5.41) is 3.03. The van der Waals surface area contributed by atoms with Crippen LogP contribution in [0.25, 0.3) is 11.5 Å². The third-order valence-electron chi connectivity index (χ3n) is 2.30. The zero-order valence-corrected chi connectivity index (χ0v) is 11.2. The Bertz CT molecular complexity index is 511. The van der Waals surface area contributed by atoms with Crippen LogP contribution in [0.2, 0.25) is 0 Å². The number of hydrogen-bond donors (Lipinski definition) is 1. The van der Waals surface area contributed by atoms with Gasteiger partial charge in [0.2, 0.25) is 5.89 Å². The van der Waals surface area contributed by atoms with Gasteiger partial charge < -0.3 is 14.5 Å². The highest BCUT2D eigenvalue weighted by Crippen LogP contribution is 2.31. The molecule has 0 amide bonds. The number of aromatic nitrogens is 1. The molecular weight excluding hydrogens is 284 g/mol. The molecule has 0 saturated heterocycles. The molecular formula is C12H13BrN2O2. The SMILES string of the molecule is CNCc1coc(-c2ccc(Br)cc2OC)n1. The molecule has 90 valence electrons. The van der Waals surface area contributed by atoms with Gasteiger partial charge in [-0.25, -0.2) is 4.98 Å². The first-order chi connectivity index (χ1) is 8.24. The predicted octanol–water partition coefficient (Wildman–Crippen LogP) is 2.83. The average Bonchev–Trinajstić information content (AvgIpc) is 2.78. The minimum atomic E-state index is 0.569. The molecule has 0 radical (unpaired) electrons. The molecule has 0 aliphatic carbocycles. The second-order valence-corrected chi connectivity index (χ2v) is 4.43. The summed E-state index contributed by atoms with van der Waals surface area (Å²) in [4.78, 5) is 4.38. The maximum absolute atomic E-state index is 5.44. The zero-order chi connectivity index (χ0) is 12.3. The van der Waals surface area contributed by atoms with Gasteiger partial charge in [-0.05, 0) is 25.2 Å². The predicted molar refractivity (Wildman–Crippen MR) is 69.0 cm³/mol. The lowest BCUT2D eigenvalue weighted by atomic mass is 10.2. The largest absolute Gasteiger partial charge is 0.496 e. The molecule has 0 aliphatic heterocycles. The van der Waals surface area contributed by atoms with Crippen molar-refractivity contribution in [2.24, 2.45) is 0 Å². The molecule has 0 bridgehead atoms. The van der Waals surface area contributed by atoms with Gasteiger partial charge in [-0.1, -0.05) is 15.9 Å². The van der Waals surface area contributed by atoms with E-state index in [0.29, 0.717) is 12.4 Å². The first kappa shape index (κ1) is 12.1. The fourth-order valence-corrected chi connectivity index (χ4v) is 1.87. The van der Waals surface area contributed by atoms with Crippen molar-refractivity contribution in [2.45, 2.75) is 6.54 Å². The molecule has 2 aromatic rings. The zero-order valence-electron chi connectivity index (χ0n) is 9.66. The third-order valence-corrected chi connectivity index (χ3v) is 2.80. The summed E-state index contributed by atoms with van der Waals surface area (Å²) in [5.74, 6) is 1.30. The molecule has 17 heavy (non-hydrogen) atoms. The molecule has 1 heterocycles. The van der Waals surface area contributed by atoms with Crippen LogP contribution in [0.3, 0.4) is 0 Å². The van der Waals surface area contributed by atoms with E-state index in [1.54, 1.807) is 13.4 Å². The lowest BCUT2D eigenvalue weighted by Gasteiger charge is -2.05. The molecule has 0 atom stereocenters. The maximum atomic E-state index is 5.44. The van der Waals surface area contributed by atoms with Gasteiger partial charge in [-0.15, -0.1) is 0 Å². The molecule has 5 heteroatoms. The van der Waals surface area contributed by atoms with E-state index in [1.165, 1.54) is 0 Å². The molecule has 0 unspecified atom stereocenters. The fraction of sp³-hybridized carbons (Fsp3) is 0.250. The van der Waals surface area contributed by atoms with E-state index in [0.717, 1.165) is 21.5 Å². The van der Waals surface area contributed by atoms with Crippen molar-refractivity contribution in [1.29, 1.82) is 0 Å². The van der Waals surface area contributed by atoms with Crippen LogP contribution in [-0.2, 0) is 6.54 Å². The molecule has 4 nitrogen and oxygen atoms in total. The van der Waals surface area contributed by atoms with Gasteiger partial charge in [0, 0.05) is 11.0 Å². The van der Waals surface area contributed by atoms with Crippen molar-refractivity contribution in [2.75, 3.05) is 14.2 Å². The second-order valence-electron chi connectivity index (χ2n) is 3.52. The maximum Gasteiger partial charge on any atom is 0.229 e. The van der Waals surface area contributed by atoms with E-state index in [9.17, 15) is 0 Å². The standard InChI is InChI=1S/C12H13BrN2O2/c1-14-6-9-7-17-12(15-9)10-4-3-8(13)5-11(10)16-2/h3-5,7,14H,6H2,1-2H3. The van der Waals surface area contributed by atoms with Crippen molar-refractivity contribution in [3.63, 3.8) is 0 Å². The van der Waals surface area contributed by atoms with Gasteiger partial charge in [-0.2, -0.15) is 0 Å². The highest BCUT2D eigenvalue weighted by Gasteiger charge is 2.12. The van der Waals surface area contributed by atoms with Crippen LogP contribution in [0.1, 0.15) is 5.69 Å². The number of nitrogens with zero attached hydrogens (tertiary/aromatic N) is 1. The summed E-state index contributed by atoms with van der Waals surface area (Å²) in [5.41, 5.74) is 1.71. The second kappa shape index (κ2) is 5.33. The van der Waals surface area contributed by atoms with Gasteiger partial charge in [-0.3, -0.25) is 0 Å². The Labute approximate surface area is 108 Å². The molecule has 2 rings (SSSR count). The van der Waals surface area contributed by atoms with Gasteiger partial charge in [0.25, 0.3) is 0 Å². The number of nitrogens with one attached hydrogen (secondary N) is 1. The minimum absolute atomic E-state index is 0.569. The Hall–Kier alpha value is -1.33. The summed E-state index contributed by atoms with van der Waals surface area (Å²) >= 11 is 3.40. The first-order valence-electron chi connectivity index (χ1n) is 5.17. The number of rotatable bonds is 4. The smallest absolute Gasteiger partial charge is 0.229 e. The van der Waals surface area contributed by atoms with Crippen LogP contribution >= 0.6 is 15.9 Å². The van der Waals surface area contributed by atoms with E-state index < -0.39 is 0 Å². The van der Waals surface area contributed by atoms with Crippen molar-refractivity contribution in [1.82, 2.24) is 10.3 Å². The lowest BCUT2D eigenvalue weighted by Crippen LogP contribution is -2.04.